The van der Waals surface area contributed by atoms with Crippen molar-refractivity contribution < 1.29 is 19.5 Å². The first-order valence-corrected chi connectivity index (χ1v) is 9.81. The monoisotopic (exact) mass is 359 g/mol. The number of hydrogen-bond acceptors (Lipinski definition) is 5. The number of nitrogens with one attached hydrogen (secondary N) is 1. The third-order valence-electron chi connectivity index (χ3n) is 4.61. The number of nitrogens with zero attached hydrogens (tertiary/aromatic N) is 1. The molecule has 8 heteroatoms. The summed E-state index contributed by atoms with van der Waals surface area (Å²) in [4.78, 5) is 37.8. The molecule has 1 aliphatic rings. The fourth-order valence-corrected chi connectivity index (χ4v) is 3.23. The Kier molecular flexibility index (Phi) is 8.55. The summed E-state index contributed by atoms with van der Waals surface area (Å²) in [5.74, 6) is -0.957. The maximum atomic E-state index is 12.8. The number of thioether (sulfide) groups is 1. The minimum absolute atomic E-state index is 0.0138. The lowest BCUT2D eigenvalue weighted by molar-refractivity contribution is -0.149. The second-order valence-corrected chi connectivity index (χ2v) is 7.27. The molecule has 0 aliphatic carbocycles. The van der Waals surface area contributed by atoms with Crippen LogP contribution in [-0.2, 0) is 14.4 Å². The number of amides is 2. The van der Waals surface area contributed by atoms with Gasteiger partial charge in [0.15, 0.2) is 0 Å². The average molecular weight is 359 g/mol. The summed E-state index contributed by atoms with van der Waals surface area (Å²) in [5.41, 5.74) is 5.94. The molecule has 24 heavy (non-hydrogen) atoms. The SMILES string of the molecule is CCC(C)C(N)C(=O)NC(CCSC)C(=O)N1CCCC1C(=O)O. The molecule has 1 saturated heterocycles. The van der Waals surface area contributed by atoms with Crippen molar-refractivity contribution in [2.75, 3.05) is 18.6 Å². The molecule has 1 aliphatic heterocycles. The molecule has 1 rings (SSSR count). The number of carboxylic acids is 1. The lowest BCUT2D eigenvalue weighted by Crippen LogP contribution is -2.55. The zero-order valence-corrected chi connectivity index (χ0v) is 15.5. The van der Waals surface area contributed by atoms with Crippen molar-refractivity contribution in [2.45, 2.75) is 57.7 Å². The predicted octanol–water partition coefficient (Wildman–Crippen LogP) is 0.673. The number of nitrogens with two attached hydrogens (primary N) is 1. The number of hydrogen-bond donors (Lipinski definition) is 3. The molecule has 138 valence electrons. The van der Waals surface area contributed by atoms with Crippen LogP contribution in [0.4, 0.5) is 0 Å². The Labute approximate surface area is 147 Å². The standard InChI is InChI=1S/C16H29N3O4S/c1-4-10(2)13(17)14(20)18-11(7-9-24-3)15(21)19-8-5-6-12(19)16(22)23/h10-13H,4-9,17H2,1-3H3,(H,18,20)(H,22,23). The molecule has 0 spiro atoms. The Bertz CT molecular complexity index is 461. The van der Waals surface area contributed by atoms with E-state index in [1.165, 1.54) is 4.90 Å². The van der Waals surface area contributed by atoms with Gasteiger partial charge >= 0.3 is 5.97 Å². The van der Waals surface area contributed by atoms with Gasteiger partial charge in [-0.1, -0.05) is 20.3 Å². The summed E-state index contributed by atoms with van der Waals surface area (Å²) in [6, 6.07) is -2.19. The second kappa shape index (κ2) is 9.88. The Balaban J connectivity index is 2.82. The van der Waals surface area contributed by atoms with Gasteiger partial charge in [-0.3, -0.25) is 9.59 Å². The Morgan fingerprint density at radius 2 is 2.08 bits per heavy atom. The predicted molar refractivity (Wildman–Crippen MR) is 94.7 cm³/mol. The van der Waals surface area contributed by atoms with Crippen molar-refractivity contribution in [3.8, 4) is 0 Å². The number of carbonyl (C=O) groups is 3. The molecule has 2 amide bonds. The summed E-state index contributed by atoms with van der Waals surface area (Å²) < 4.78 is 0. The summed E-state index contributed by atoms with van der Waals surface area (Å²) >= 11 is 1.57. The topological polar surface area (TPSA) is 113 Å². The molecular formula is C16H29N3O4S. The first kappa shape index (κ1) is 20.8. The summed E-state index contributed by atoms with van der Waals surface area (Å²) in [7, 11) is 0. The van der Waals surface area contributed by atoms with Crippen LogP contribution in [0.15, 0.2) is 0 Å². The molecule has 1 fully saturated rings. The van der Waals surface area contributed by atoms with E-state index in [2.05, 4.69) is 5.32 Å². The summed E-state index contributed by atoms with van der Waals surface area (Å²) in [6.45, 7) is 4.26. The number of carbonyl (C=O) groups excluding carboxylic acids is 2. The molecule has 0 radical (unpaired) electrons. The molecule has 7 nitrogen and oxygen atoms in total. The van der Waals surface area contributed by atoms with Crippen LogP contribution < -0.4 is 11.1 Å². The fraction of sp³-hybridized carbons (Fsp3) is 0.812. The van der Waals surface area contributed by atoms with Crippen LogP contribution in [0.2, 0.25) is 0 Å². The Morgan fingerprint density at radius 1 is 1.42 bits per heavy atom. The number of likely N-dealkylation sites (tertiary alicyclic amines) is 1. The van der Waals surface area contributed by atoms with Crippen LogP contribution in [0.5, 0.6) is 0 Å². The van der Waals surface area contributed by atoms with E-state index in [9.17, 15) is 19.5 Å². The summed E-state index contributed by atoms with van der Waals surface area (Å²) in [6.07, 6.45) is 4.27. The van der Waals surface area contributed by atoms with Crippen LogP contribution in [0, 0.1) is 5.92 Å². The first-order chi connectivity index (χ1) is 11.3. The van der Waals surface area contributed by atoms with E-state index in [0.29, 0.717) is 31.6 Å². The van der Waals surface area contributed by atoms with Gasteiger partial charge in [-0.15, -0.1) is 0 Å². The number of rotatable bonds is 9. The van der Waals surface area contributed by atoms with Crippen LogP contribution in [0.1, 0.15) is 39.5 Å². The molecule has 0 aromatic heterocycles. The van der Waals surface area contributed by atoms with E-state index in [1.807, 2.05) is 20.1 Å². The van der Waals surface area contributed by atoms with E-state index in [1.54, 1.807) is 11.8 Å². The van der Waals surface area contributed by atoms with Gasteiger partial charge in [0, 0.05) is 6.54 Å². The van der Waals surface area contributed by atoms with E-state index < -0.39 is 24.1 Å². The molecule has 0 aromatic rings. The Morgan fingerprint density at radius 3 is 2.62 bits per heavy atom. The molecule has 1 heterocycles. The maximum Gasteiger partial charge on any atom is 0.326 e. The zero-order valence-electron chi connectivity index (χ0n) is 14.7. The fourth-order valence-electron chi connectivity index (χ4n) is 2.76. The van der Waals surface area contributed by atoms with Gasteiger partial charge < -0.3 is 21.1 Å². The van der Waals surface area contributed by atoms with E-state index in [0.717, 1.165) is 6.42 Å². The van der Waals surface area contributed by atoms with Gasteiger partial charge in [-0.05, 0) is 37.2 Å². The highest BCUT2D eigenvalue weighted by atomic mass is 32.2. The van der Waals surface area contributed by atoms with Crippen molar-refractivity contribution >= 4 is 29.5 Å². The quantitative estimate of drug-likeness (QED) is 0.558. The van der Waals surface area contributed by atoms with Crippen molar-refractivity contribution in [3.63, 3.8) is 0 Å². The molecule has 4 unspecified atom stereocenters. The zero-order chi connectivity index (χ0) is 18.3. The molecule has 0 saturated carbocycles. The van der Waals surface area contributed by atoms with Crippen LogP contribution in [0.3, 0.4) is 0 Å². The van der Waals surface area contributed by atoms with Gasteiger partial charge in [0.2, 0.25) is 11.8 Å². The highest BCUT2D eigenvalue weighted by Crippen LogP contribution is 2.20. The Hall–Kier alpha value is -1.28. The molecule has 4 N–H and O–H groups in total. The van der Waals surface area contributed by atoms with E-state index in [4.69, 9.17) is 5.73 Å². The van der Waals surface area contributed by atoms with Gasteiger partial charge in [0.05, 0.1) is 6.04 Å². The third-order valence-corrected chi connectivity index (χ3v) is 5.25. The number of carboxylic acid groups (broad SMARTS) is 1. The smallest absolute Gasteiger partial charge is 0.326 e. The van der Waals surface area contributed by atoms with Gasteiger partial charge in [-0.2, -0.15) is 11.8 Å². The third kappa shape index (κ3) is 5.37. The molecular weight excluding hydrogens is 330 g/mol. The largest absolute Gasteiger partial charge is 0.480 e. The van der Waals surface area contributed by atoms with E-state index >= 15 is 0 Å². The van der Waals surface area contributed by atoms with Crippen molar-refractivity contribution in [1.29, 1.82) is 0 Å². The van der Waals surface area contributed by atoms with Gasteiger partial charge in [0.1, 0.15) is 12.1 Å². The highest BCUT2D eigenvalue weighted by Gasteiger charge is 2.37. The minimum Gasteiger partial charge on any atom is -0.480 e. The van der Waals surface area contributed by atoms with E-state index in [-0.39, 0.29) is 17.7 Å². The second-order valence-electron chi connectivity index (χ2n) is 6.28. The molecule has 0 aromatic carbocycles. The van der Waals surface area contributed by atoms with Crippen LogP contribution in [0.25, 0.3) is 0 Å². The van der Waals surface area contributed by atoms with Gasteiger partial charge in [-0.25, -0.2) is 4.79 Å². The summed E-state index contributed by atoms with van der Waals surface area (Å²) in [5, 5.41) is 12.0. The van der Waals surface area contributed by atoms with Crippen LogP contribution >= 0.6 is 11.8 Å². The van der Waals surface area contributed by atoms with Crippen LogP contribution in [-0.4, -0.2) is 64.5 Å². The minimum atomic E-state index is -0.993. The highest BCUT2D eigenvalue weighted by molar-refractivity contribution is 7.98. The van der Waals surface area contributed by atoms with Crippen molar-refractivity contribution in [2.24, 2.45) is 11.7 Å². The van der Waals surface area contributed by atoms with Crippen molar-refractivity contribution in [3.05, 3.63) is 0 Å². The van der Waals surface area contributed by atoms with Crippen molar-refractivity contribution in [1.82, 2.24) is 10.2 Å². The van der Waals surface area contributed by atoms with Gasteiger partial charge in [0.25, 0.3) is 0 Å². The first-order valence-electron chi connectivity index (χ1n) is 8.41. The molecule has 4 atom stereocenters. The maximum absolute atomic E-state index is 12.8. The normalized spacial score (nSPS) is 21.2. The average Bonchev–Trinajstić information content (AvgIpc) is 3.06. The lowest BCUT2D eigenvalue weighted by Gasteiger charge is -2.28. The molecule has 0 bridgehead atoms. The lowest BCUT2D eigenvalue weighted by atomic mass is 9.99. The number of aliphatic carboxylic acids is 1.